The average Bonchev–Trinajstić information content (AvgIpc) is 2.83. The van der Waals surface area contributed by atoms with E-state index in [1.54, 1.807) is 14.2 Å². The summed E-state index contributed by atoms with van der Waals surface area (Å²) in [5.41, 5.74) is 0.711. The molecule has 1 fully saturated rings. The molecule has 106 valence electrons. The molecule has 1 aliphatic rings. The van der Waals surface area contributed by atoms with E-state index in [1.807, 2.05) is 4.90 Å². The topological polar surface area (TPSA) is 63.7 Å². The van der Waals surface area contributed by atoms with Crippen LogP contribution in [0, 0.1) is 0 Å². The highest BCUT2D eigenvalue weighted by Gasteiger charge is 2.24. The number of piperazine rings is 1. The molecule has 0 radical (unpaired) electrons. The van der Waals surface area contributed by atoms with Gasteiger partial charge in [0.25, 0.3) is 5.91 Å². The van der Waals surface area contributed by atoms with Crippen molar-refractivity contribution in [3.63, 3.8) is 0 Å². The molecule has 0 unspecified atom stereocenters. The van der Waals surface area contributed by atoms with Gasteiger partial charge in [0.05, 0.1) is 18.9 Å². The third-order valence-corrected chi connectivity index (χ3v) is 3.95. The number of carbonyl (C=O) groups excluding carboxylic acids is 1. The van der Waals surface area contributed by atoms with E-state index in [9.17, 15) is 4.79 Å². The second-order valence-corrected chi connectivity index (χ2v) is 5.38. The predicted molar refractivity (Wildman–Crippen MR) is 72.3 cm³/mol. The number of methoxy groups -OCH3 is 2. The summed E-state index contributed by atoms with van der Waals surface area (Å²) in [4.78, 5) is 19.4. The lowest BCUT2D eigenvalue weighted by Crippen LogP contribution is -2.46. The minimum absolute atomic E-state index is 0.0494. The zero-order chi connectivity index (χ0) is 13.7. The summed E-state index contributed by atoms with van der Waals surface area (Å²) >= 11 is 1.40. The van der Waals surface area contributed by atoms with Crippen molar-refractivity contribution in [2.45, 2.75) is 13.2 Å². The number of ether oxygens (including phenoxy) is 2. The van der Waals surface area contributed by atoms with Gasteiger partial charge in [-0.1, -0.05) is 0 Å². The van der Waals surface area contributed by atoms with E-state index in [0.717, 1.165) is 31.2 Å². The number of amides is 1. The van der Waals surface area contributed by atoms with Crippen molar-refractivity contribution >= 4 is 17.2 Å². The van der Waals surface area contributed by atoms with Crippen molar-refractivity contribution in [1.29, 1.82) is 0 Å². The fourth-order valence-corrected chi connectivity index (χ4v) is 3.01. The van der Waals surface area contributed by atoms with Crippen LogP contribution in [0.15, 0.2) is 0 Å². The highest BCUT2D eigenvalue weighted by Crippen LogP contribution is 2.22. The van der Waals surface area contributed by atoms with Gasteiger partial charge >= 0.3 is 0 Å². The van der Waals surface area contributed by atoms with Gasteiger partial charge in [0, 0.05) is 40.4 Å². The first kappa shape index (κ1) is 14.4. The molecule has 1 N–H and O–H groups in total. The lowest BCUT2D eigenvalue weighted by Gasteiger charge is -2.27. The second-order valence-electron chi connectivity index (χ2n) is 4.29. The first-order valence-electron chi connectivity index (χ1n) is 6.22. The Morgan fingerprint density at radius 1 is 1.32 bits per heavy atom. The predicted octanol–water partition coefficient (Wildman–Crippen LogP) is 0.481. The third-order valence-electron chi connectivity index (χ3n) is 2.89. The first-order chi connectivity index (χ1) is 9.26. The van der Waals surface area contributed by atoms with Crippen molar-refractivity contribution in [3.05, 3.63) is 15.6 Å². The lowest BCUT2D eigenvalue weighted by atomic mass is 10.3. The van der Waals surface area contributed by atoms with Gasteiger partial charge in [-0.2, -0.15) is 0 Å². The van der Waals surface area contributed by atoms with Gasteiger partial charge in [-0.05, 0) is 0 Å². The molecule has 0 bridgehead atoms. The molecule has 0 aromatic carbocycles. The molecule has 19 heavy (non-hydrogen) atoms. The number of carbonyl (C=O) groups is 1. The van der Waals surface area contributed by atoms with Crippen LogP contribution >= 0.6 is 11.3 Å². The monoisotopic (exact) mass is 285 g/mol. The number of hydrogen-bond acceptors (Lipinski definition) is 6. The quantitative estimate of drug-likeness (QED) is 0.852. The van der Waals surface area contributed by atoms with E-state index in [1.165, 1.54) is 11.3 Å². The van der Waals surface area contributed by atoms with Gasteiger partial charge in [0.2, 0.25) is 0 Å². The van der Waals surface area contributed by atoms with Crippen LogP contribution in [0.25, 0.3) is 0 Å². The van der Waals surface area contributed by atoms with Crippen LogP contribution in [0.2, 0.25) is 0 Å². The fraction of sp³-hybridized carbons (Fsp3) is 0.667. The molecule has 0 spiro atoms. The Morgan fingerprint density at radius 3 is 2.63 bits per heavy atom. The molecule has 1 aromatic rings. The van der Waals surface area contributed by atoms with E-state index in [0.29, 0.717) is 23.8 Å². The zero-order valence-electron chi connectivity index (χ0n) is 11.3. The molecule has 1 amide bonds. The van der Waals surface area contributed by atoms with Crippen LogP contribution < -0.4 is 5.32 Å². The maximum absolute atomic E-state index is 12.5. The van der Waals surface area contributed by atoms with E-state index in [2.05, 4.69) is 10.3 Å². The zero-order valence-corrected chi connectivity index (χ0v) is 12.1. The van der Waals surface area contributed by atoms with Gasteiger partial charge < -0.3 is 19.7 Å². The molecular weight excluding hydrogens is 266 g/mol. The van der Waals surface area contributed by atoms with Crippen molar-refractivity contribution in [3.8, 4) is 0 Å². The summed E-state index contributed by atoms with van der Waals surface area (Å²) in [6, 6.07) is 0. The molecule has 1 aromatic heterocycles. The van der Waals surface area contributed by atoms with Gasteiger partial charge in [0.15, 0.2) is 0 Å². The smallest absolute Gasteiger partial charge is 0.266 e. The maximum Gasteiger partial charge on any atom is 0.266 e. The largest absolute Gasteiger partial charge is 0.378 e. The molecule has 2 heterocycles. The highest BCUT2D eigenvalue weighted by atomic mass is 32.1. The van der Waals surface area contributed by atoms with Crippen molar-refractivity contribution < 1.29 is 14.3 Å². The van der Waals surface area contributed by atoms with Gasteiger partial charge in [-0.25, -0.2) is 4.98 Å². The molecular formula is C12H19N3O3S. The summed E-state index contributed by atoms with van der Waals surface area (Å²) in [5.74, 6) is 0.0494. The average molecular weight is 285 g/mol. The Kier molecular flexibility index (Phi) is 5.26. The molecule has 0 aliphatic carbocycles. The Bertz CT molecular complexity index is 430. The summed E-state index contributed by atoms with van der Waals surface area (Å²) in [7, 11) is 3.23. The molecule has 7 heteroatoms. The number of hydrogen-bond donors (Lipinski definition) is 1. The third kappa shape index (κ3) is 3.50. The summed E-state index contributed by atoms with van der Waals surface area (Å²) in [6.45, 7) is 3.94. The molecule has 1 aliphatic heterocycles. The van der Waals surface area contributed by atoms with Crippen LogP contribution in [0.5, 0.6) is 0 Å². The molecule has 0 atom stereocenters. The fourth-order valence-electron chi connectivity index (χ4n) is 2.00. The maximum atomic E-state index is 12.5. The van der Waals surface area contributed by atoms with Crippen molar-refractivity contribution in [2.75, 3.05) is 40.4 Å². The highest BCUT2D eigenvalue weighted by molar-refractivity contribution is 7.13. The number of aromatic nitrogens is 1. The first-order valence-corrected chi connectivity index (χ1v) is 7.04. The molecule has 2 rings (SSSR count). The minimum atomic E-state index is 0.0494. The van der Waals surface area contributed by atoms with Gasteiger partial charge in [-0.15, -0.1) is 11.3 Å². The van der Waals surface area contributed by atoms with Crippen LogP contribution in [-0.2, 0) is 22.7 Å². The molecule has 1 saturated heterocycles. The summed E-state index contributed by atoms with van der Waals surface area (Å²) in [6.07, 6.45) is 0. The normalized spacial score (nSPS) is 15.8. The van der Waals surface area contributed by atoms with Crippen molar-refractivity contribution in [2.24, 2.45) is 0 Å². The number of thiazole rings is 1. The van der Waals surface area contributed by atoms with Crippen LogP contribution in [-0.4, -0.2) is 56.2 Å². The van der Waals surface area contributed by atoms with E-state index in [-0.39, 0.29) is 5.91 Å². The van der Waals surface area contributed by atoms with Gasteiger partial charge in [0.1, 0.15) is 9.88 Å². The van der Waals surface area contributed by atoms with Crippen molar-refractivity contribution in [1.82, 2.24) is 15.2 Å². The number of nitrogens with one attached hydrogen (secondary N) is 1. The van der Waals surface area contributed by atoms with E-state index >= 15 is 0 Å². The van der Waals surface area contributed by atoms with E-state index in [4.69, 9.17) is 9.47 Å². The summed E-state index contributed by atoms with van der Waals surface area (Å²) < 4.78 is 10.2. The molecule has 0 saturated carbocycles. The van der Waals surface area contributed by atoms with Crippen LogP contribution in [0.3, 0.4) is 0 Å². The standard InChI is InChI=1S/C12H19N3O3S/c1-17-7-9-11(19-10(14-9)8-18-2)12(16)15-5-3-13-4-6-15/h13H,3-8H2,1-2H3. The van der Waals surface area contributed by atoms with E-state index < -0.39 is 0 Å². The van der Waals surface area contributed by atoms with Crippen LogP contribution in [0.1, 0.15) is 20.4 Å². The van der Waals surface area contributed by atoms with Gasteiger partial charge in [-0.3, -0.25) is 4.79 Å². The minimum Gasteiger partial charge on any atom is -0.378 e. The number of nitrogens with zero attached hydrogens (tertiary/aromatic N) is 2. The molecule has 6 nitrogen and oxygen atoms in total. The lowest BCUT2D eigenvalue weighted by molar-refractivity contribution is 0.0735. The summed E-state index contributed by atoms with van der Waals surface area (Å²) in [5, 5.41) is 4.05. The second kappa shape index (κ2) is 6.95. The Morgan fingerprint density at radius 2 is 2.00 bits per heavy atom. The Labute approximate surface area is 116 Å². The van der Waals surface area contributed by atoms with Crippen LogP contribution in [0.4, 0.5) is 0 Å². The SMILES string of the molecule is COCc1nc(COC)c(C(=O)N2CCNCC2)s1. The Hall–Kier alpha value is -1.02. The Balaban J connectivity index is 2.17. The number of rotatable bonds is 5.